The van der Waals surface area contributed by atoms with Crippen molar-refractivity contribution in [1.82, 2.24) is 0 Å². The van der Waals surface area contributed by atoms with Crippen molar-refractivity contribution in [2.45, 2.75) is 6.92 Å². The summed E-state index contributed by atoms with van der Waals surface area (Å²) in [7, 11) is 0. The van der Waals surface area contributed by atoms with E-state index in [1.807, 2.05) is 30.3 Å². The summed E-state index contributed by atoms with van der Waals surface area (Å²) in [5.74, 6) is 1.27. The number of hydrogen-bond acceptors (Lipinski definition) is 2. The number of ether oxygens (including phenoxy) is 2. The highest BCUT2D eigenvalue weighted by molar-refractivity contribution is 5.20. The molecule has 0 fully saturated rings. The average Bonchev–Trinajstić information content (AvgIpc) is 2.25. The van der Waals surface area contributed by atoms with Gasteiger partial charge >= 0.3 is 0 Å². The zero-order chi connectivity index (χ0) is 10.2. The first-order chi connectivity index (χ1) is 6.83. The van der Waals surface area contributed by atoms with Crippen LogP contribution in [0.25, 0.3) is 0 Å². The Morgan fingerprint density at radius 2 is 2.00 bits per heavy atom. The first-order valence-corrected chi connectivity index (χ1v) is 4.73. The van der Waals surface area contributed by atoms with Crippen molar-refractivity contribution in [2.75, 3.05) is 13.2 Å². The molecule has 0 aliphatic carbocycles. The fraction of sp³-hybridized carbons (Fsp3) is 0.333. The molecule has 0 N–H and O–H groups in total. The lowest BCUT2D eigenvalue weighted by Gasteiger charge is -2.12. The summed E-state index contributed by atoms with van der Waals surface area (Å²) in [6.45, 7) is 6.88. The molecule has 2 nitrogen and oxygen atoms in total. The Hall–Kier alpha value is -1.44. The van der Waals surface area contributed by atoms with Gasteiger partial charge in [-0.05, 0) is 12.1 Å². The molecule has 1 aromatic carbocycles. The zero-order valence-corrected chi connectivity index (χ0v) is 8.48. The fourth-order valence-corrected chi connectivity index (χ4v) is 1.04. The number of benzene rings is 1. The number of hydrogen-bond donors (Lipinski definition) is 0. The third kappa shape index (κ3) is 3.99. The summed E-state index contributed by atoms with van der Waals surface area (Å²) in [6.07, 6.45) is 1.46. The van der Waals surface area contributed by atoms with Gasteiger partial charge in [0.1, 0.15) is 5.75 Å². The summed E-state index contributed by atoms with van der Waals surface area (Å²) < 4.78 is 10.6. The smallest absolute Gasteiger partial charge is 0.119 e. The Labute approximate surface area is 85.2 Å². The molecule has 14 heavy (non-hydrogen) atoms. The first-order valence-electron chi connectivity index (χ1n) is 4.73. The van der Waals surface area contributed by atoms with Gasteiger partial charge in [0.15, 0.2) is 0 Å². The molecule has 0 aliphatic heterocycles. The lowest BCUT2D eigenvalue weighted by molar-refractivity contribution is 0.156. The van der Waals surface area contributed by atoms with E-state index in [2.05, 4.69) is 13.5 Å². The Bertz CT molecular complexity index is 256. The second-order valence-electron chi connectivity index (χ2n) is 3.23. The summed E-state index contributed by atoms with van der Waals surface area (Å²) in [5, 5.41) is 0. The first kappa shape index (κ1) is 10.6. The fourth-order valence-electron chi connectivity index (χ4n) is 1.04. The van der Waals surface area contributed by atoms with Crippen LogP contribution in [0.2, 0.25) is 0 Å². The number of rotatable bonds is 6. The van der Waals surface area contributed by atoms with E-state index in [0.29, 0.717) is 19.1 Å². The molecule has 0 bridgehead atoms. The van der Waals surface area contributed by atoms with Gasteiger partial charge in [-0.3, -0.25) is 0 Å². The van der Waals surface area contributed by atoms with Gasteiger partial charge in [-0.15, -0.1) is 0 Å². The minimum atomic E-state index is 0.369. The molecule has 0 aliphatic rings. The zero-order valence-electron chi connectivity index (χ0n) is 8.48. The Morgan fingerprint density at radius 1 is 1.29 bits per heavy atom. The number of para-hydroxylation sites is 1. The molecular weight excluding hydrogens is 176 g/mol. The molecule has 0 heterocycles. The van der Waals surface area contributed by atoms with Crippen molar-refractivity contribution in [3.8, 4) is 5.75 Å². The molecule has 0 amide bonds. The van der Waals surface area contributed by atoms with Gasteiger partial charge in [-0.2, -0.15) is 0 Å². The van der Waals surface area contributed by atoms with Crippen molar-refractivity contribution in [1.29, 1.82) is 0 Å². The lowest BCUT2D eigenvalue weighted by atomic mass is 10.2. The van der Waals surface area contributed by atoms with Crippen LogP contribution >= 0.6 is 0 Å². The van der Waals surface area contributed by atoms with Crippen LogP contribution in [0.5, 0.6) is 5.75 Å². The van der Waals surface area contributed by atoms with E-state index in [-0.39, 0.29) is 0 Å². The monoisotopic (exact) mass is 192 g/mol. The Balaban J connectivity index is 2.23. The molecular formula is C12H16O2. The predicted octanol–water partition coefficient (Wildman–Crippen LogP) is 2.86. The molecule has 1 atom stereocenters. The molecule has 0 saturated carbocycles. The average molecular weight is 192 g/mol. The van der Waals surface area contributed by atoms with Crippen LogP contribution in [-0.4, -0.2) is 13.2 Å². The van der Waals surface area contributed by atoms with E-state index in [9.17, 15) is 0 Å². The molecule has 76 valence electrons. The van der Waals surface area contributed by atoms with Crippen molar-refractivity contribution in [2.24, 2.45) is 5.92 Å². The largest absolute Gasteiger partial charge is 0.501 e. The van der Waals surface area contributed by atoms with Crippen molar-refractivity contribution in [3.63, 3.8) is 0 Å². The third-order valence-corrected chi connectivity index (χ3v) is 1.78. The Morgan fingerprint density at radius 3 is 2.64 bits per heavy atom. The van der Waals surface area contributed by atoms with Crippen molar-refractivity contribution >= 4 is 0 Å². The second-order valence-corrected chi connectivity index (χ2v) is 3.23. The van der Waals surface area contributed by atoms with Crippen molar-refractivity contribution in [3.05, 3.63) is 43.2 Å². The third-order valence-electron chi connectivity index (χ3n) is 1.78. The minimum Gasteiger partial charge on any atom is -0.501 e. The predicted molar refractivity (Wildman–Crippen MR) is 57.3 cm³/mol. The van der Waals surface area contributed by atoms with E-state index < -0.39 is 0 Å². The van der Waals surface area contributed by atoms with Gasteiger partial charge in [0.25, 0.3) is 0 Å². The highest BCUT2D eigenvalue weighted by Crippen LogP contribution is 2.09. The molecule has 0 saturated heterocycles. The van der Waals surface area contributed by atoms with Crippen molar-refractivity contribution < 1.29 is 9.47 Å². The van der Waals surface area contributed by atoms with E-state index >= 15 is 0 Å². The molecule has 0 spiro atoms. The van der Waals surface area contributed by atoms with Gasteiger partial charge in [-0.25, -0.2) is 0 Å². The maximum Gasteiger partial charge on any atom is 0.119 e. The maximum atomic E-state index is 5.55. The molecule has 2 heteroatoms. The van der Waals surface area contributed by atoms with Crippen LogP contribution < -0.4 is 4.74 Å². The van der Waals surface area contributed by atoms with Crippen LogP contribution in [0.15, 0.2) is 43.2 Å². The van der Waals surface area contributed by atoms with Gasteiger partial charge < -0.3 is 9.47 Å². The topological polar surface area (TPSA) is 18.5 Å². The Kier molecular flexibility index (Phi) is 4.62. The second kappa shape index (κ2) is 6.08. The molecule has 0 aromatic heterocycles. The molecule has 1 aromatic rings. The summed E-state index contributed by atoms with van der Waals surface area (Å²) >= 11 is 0. The van der Waals surface area contributed by atoms with Crippen LogP contribution in [0, 0.1) is 5.92 Å². The highest BCUT2D eigenvalue weighted by Gasteiger charge is 2.02. The van der Waals surface area contributed by atoms with E-state index in [4.69, 9.17) is 9.47 Å². The van der Waals surface area contributed by atoms with Gasteiger partial charge in [0.05, 0.1) is 19.5 Å². The standard InChI is InChI=1S/C12H16O2/c1-3-13-9-11(2)10-14-12-7-5-4-6-8-12/h3-8,11H,1,9-10H2,2H3/t11-/m0/s1. The maximum absolute atomic E-state index is 5.55. The van der Waals surface area contributed by atoms with Gasteiger partial charge in [0.2, 0.25) is 0 Å². The quantitative estimate of drug-likeness (QED) is 0.645. The van der Waals surface area contributed by atoms with E-state index in [1.54, 1.807) is 0 Å². The normalized spacial score (nSPS) is 11.8. The minimum absolute atomic E-state index is 0.369. The van der Waals surface area contributed by atoms with Crippen LogP contribution in [-0.2, 0) is 4.74 Å². The summed E-state index contributed by atoms with van der Waals surface area (Å²) in [6, 6.07) is 9.78. The van der Waals surface area contributed by atoms with Crippen LogP contribution in [0.3, 0.4) is 0 Å². The lowest BCUT2D eigenvalue weighted by Crippen LogP contribution is -2.13. The van der Waals surface area contributed by atoms with Gasteiger partial charge in [0, 0.05) is 5.92 Å². The highest BCUT2D eigenvalue weighted by atomic mass is 16.5. The van der Waals surface area contributed by atoms with Gasteiger partial charge in [-0.1, -0.05) is 31.7 Å². The molecule has 0 unspecified atom stereocenters. The van der Waals surface area contributed by atoms with E-state index in [0.717, 1.165) is 5.75 Å². The van der Waals surface area contributed by atoms with Crippen LogP contribution in [0.4, 0.5) is 0 Å². The van der Waals surface area contributed by atoms with Crippen LogP contribution in [0.1, 0.15) is 6.92 Å². The summed E-state index contributed by atoms with van der Waals surface area (Å²) in [5.41, 5.74) is 0. The molecule has 0 radical (unpaired) electrons. The summed E-state index contributed by atoms with van der Waals surface area (Å²) in [4.78, 5) is 0. The SMILES string of the molecule is C=COC[C@H](C)COc1ccccc1. The molecule has 1 rings (SSSR count). The van der Waals surface area contributed by atoms with E-state index in [1.165, 1.54) is 6.26 Å².